The Bertz CT molecular complexity index is 776. The topological polar surface area (TPSA) is 93.5 Å². The quantitative estimate of drug-likeness (QED) is 0.366. The Hall–Kier alpha value is -1.92. The number of aliphatic hydroxyl groups excluding tert-OH is 1. The molecule has 1 saturated heterocycles. The molecular formula is C25H46N4O4. The maximum Gasteiger partial charge on any atom is 0.332 e. The summed E-state index contributed by atoms with van der Waals surface area (Å²) in [5.74, 6) is 0.257. The van der Waals surface area contributed by atoms with Crippen molar-refractivity contribution in [1.82, 2.24) is 14.7 Å². The number of amides is 4. The lowest BCUT2D eigenvalue weighted by Gasteiger charge is -2.57. The van der Waals surface area contributed by atoms with E-state index in [9.17, 15) is 19.5 Å². The first-order valence-electron chi connectivity index (χ1n) is 12.0. The normalized spacial score (nSPS) is 19.8. The largest absolute Gasteiger partial charge is 0.356 e. The minimum Gasteiger partial charge on any atom is -0.356 e. The molecule has 1 aliphatic rings. The van der Waals surface area contributed by atoms with Crippen LogP contribution in [0.1, 0.15) is 102 Å². The number of hydrogen-bond acceptors (Lipinski definition) is 5. The second-order valence-electron chi connectivity index (χ2n) is 12.7. The van der Waals surface area contributed by atoms with Crippen LogP contribution in [0.5, 0.6) is 0 Å². The molecule has 8 heteroatoms. The third-order valence-electron chi connectivity index (χ3n) is 6.39. The average molecular weight is 467 g/mol. The lowest BCUT2D eigenvalue weighted by molar-refractivity contribution is -0.159. The van der Waals surface area contributed by atoms with Gasteiger partial charge in [0.2, 0.25) is 12.4 Å². The van der Waals surface area contributed by atoms with E-state index in [0.29, 0.717) is 19.3 Å². The van der Waals surface area contributed by atoms with E-state index in [-0.39, 0.29) is 17.4 Å². The van der Waals surface area contributed by atoms with Crippen molar-refractivity contribution >= 4 is 18.1 Å². The summed E-state index contributed by atoms with van der Waals surface area (Å²) in [6.07, 6.45) is 1.71. The SMILES string of the molecule is CCC(N1C(=O)N(C(C)(C)CC(C)C)C(=O)N(C(C)(C)CC(C)(C)N=C=O)C1O)C(C)(C)C. The molecule has 0 aromatic carbocycles. The van der Waals surface area contributed by atoms with Crippen molar-refractivity contribution in [3.05, 3.63) is 0 Å². The summed E-state index contributed by atoms with van der Waals surface area (Å²) in [7, 11) is 0. The average Bonchev–Trinajstić information content (AvgIpc) is 2.54. The van der Waals surface area contributed by atoms with E-state index in [2.05, 4.69) is 18.8 Å². The first kappa shape index (κ1) is 29.1. The minimum atomic E-state index is -1.44. The Morgan fingerprint density at radius 3 is 1.88 bits per heavy atom. The Balaban J connectivity index is 3.72. The van der Waals surface area contributed by atoms with Gasteiger partial charge < -0.3 is 5.11 Å². The molecule has 1 rings (SSSR count). The number of imide groups is 1. The van der Waals surface area contributed by atoms with Crippen LogP contribution in [0.15, 0.2) is 4.99 Å². The van der Waals surface area contributed by atoms with Gasteiger partial charge in [0.25, 0.3) is 0 Å². The van der Waals surface area contributed by atoms with Crippen molar-refractivity contribution in [2.24, 2.45) is 16.3 Å². The van der Waals surface area contributed by atoms with Gasteiger partial charge in [-0.15, -0.1) is 0 Å². The molecule has 4 amide bonds. The predicted molar refractivity (Wildman–Crippen MR) is 130 cm³/mol. The summed E-state index contributed by atoms with van der Waals surface area (Å²) in [5, 5.41) is 11.5. The lowest BCUT2D eigenvalue weighted by atomic mass is 9.82. The number of rotatable bonds is 9. The van der Waals surface area contributed by atoms with Crippen molar-refractivity contribution in [3.8, 4) is 0 Å². The van der Waals surface area contributed by atoms with Crippen molar-refractivity contribution < 1.29 is 19.5 Å². The molecule has 190 valence electrons. The molecule has 0 aliphatic carbocycles. The van der Waals surface area contributed by atoms with Gasteiger partial charge in [0.15, 0.2) is 0 Å². The number of nitrogens with zero attached hydrogens (tertiary/aromatic N) is 4. The molecule has 0 aromatic rings. The van der Waals surface area contributed by atoms with E-state index < -0.39 is 35.0 Å². The highest BCUT2D eigenvalue weighted by Crippen LogP contribution is 2.40. The molecule has 2 atom stereocenters. The summed E-state index contributed by atoms with van der Waals surface area (Å²) in [5.41, 5.74) is -2.80. The van der Waals surface area contributed by atoms with Gasteiger partial charge in [0.05, 0.1) is 5.54 Å². The second kappa shape index (κ2) is 9.75. The molecule has 1 N–H and O–H groups in total. The Morgan fingerprint density at radius 1 is 0.970 bits per heavy atom. The fraction of sp³-hybridized carbons (Fsp3) is 0.880. The van der Waals surface area contributed by atoms with Crippen LogP contribution < -0.4 is 0 Å². The van der Waals surface area contributed by atoms with Crippen molar-refractivity contribution in [2.45, 2.75) is 131 Å². The minimum absolute atomic E-state index is 0.257. The molecule has 1 fully saturated rings. The van der Waals surface area contributed by atoms with E-state index in [1.54, 1.807) is 19.9 Å². The van der Waals surface area contributed by atoms with Gasteiger partial charge in [-0.25, -0.2) is 19.3 Å². The van der Waals surface area contributed by atoms with Crippen LogP contribution in [0.2, 0.25) is 0 Å². The predicted octanol–water partition coefficient (Wildman–Crippen LogP) is 5.35. The highest BCUT2D eigenvalue weighted by atomic mass is 16.3. The third-order valence-corrected chi connectivity index (χ3v) is 6.39. The molecular weight excluding hydrogens is 420 g/mol. The van der Waals surface area contributed by atoms with Crippen LogP contribution in [0.4, 0.5) is 9.59 Å². The molecule has 0 aromatic heterocycles. The van der Waals surface area contributed by atoms with Gasteiger partial charge in [-0.05, 0) is 72.1 Å². The highest BCUT2D eigenvalue weighted by molar-refractivity contribution is 5.97. The van der Waals surface area contributed by atoms with Crippen LogP contribution in [-0.4, -0.2) is 67.0 Å². The first-order chi connectivity index (χ1) is 14.7. The molecule has 8 nitrogen and oxygen atoms in total. The number of hydrogen-bond donors (Lipinski definition) is 1. The zero-order chi connectivity index (χ0) is 26.2. The van der Waals surface area contributed by atoms with Gasteiger partial charge in [-0.2, -0.15) is 4.99 Å². The van der Waals surface area contributed by atoms with Gasteiger partial charge in [0.1, 0.15) is 0 Å². The number of urea groups is 2. The van der Waals surface area contributed by atoms with Gasteiger partial charge in [-0.3, -0.25) is 9.80 Å². The van der Waals surface area contributed by atoms with E-state index in [1.807, 2.05) is 55.4 Å². The lowest BCUT2D eigenvalue weighted by Crippen LogP contribution is -2.76. The standard InChI is InChI=1S/C25H46N4O4/c1-13-18(22(4,5)6)27-19(31)28(24(9,10)14-17(2)3)21(33)29(20(27)32)25(11,12)15-23(7,8)26-16-30/h17-18,20,32H,13-15H2,1-12H3. The number of aliphatic hydroxyl groups is 1. The van der Waals surface area contributed by atoms with E-state index in [1.165, 1.54) is 14.7 Å². The molecule has 0 spiro atoms. The molecule has 0 radical (unpaired) electrons. The maximum atomic E-state index is 13.9. The number of isocyanates is 1. The van der Waals surface area contributed by atoms with Crippen molar-refractivity contribution in [3.63, 3.8) is 0 Å². The summed E-state index contributed by atoms with van der Waals surface area (Å²) < 4.78 is 0. The van der Waals surface area contributed by atoms with Crippen LogP contribution in [0, 0.1) is 11.3 Å². The first-order valence-corrected chi connectivity index (χ1v) is 12.0. The van der Waals surface area contributed by atoms with Crippen LogP contribution in [-0.2, 0) is 4.79 Å². The maximum absolute atomic E-state index is 13.9. The monoisotopic (exact) mass is 466 g/mol. The number of carbonyl (C=O) groups excluding carboxylic acids is 3. The fourth-order valence-corrected chi connectivity index (χ4v) is 5.63. The molecule has 0 saturated carbocycles. The molecule has 33 heavy (non-hydrogen) atoms. The molecule has 0 bridgehead atoms. The van der Waals surface area contributed by atoms with Crippen molar-refractivity contribution in [1.29, 1.82) is 0 Å². The number of carbonyl (C=O) groups is 2. The zero-order valence-corrected chi connectivity index (χ0v) is 22.8. The van der Waals surface area contributed by atoms with Crippen LogP contribution >= 0.6 is 0 Å². The fourth-order valence-electron chi connectivity index (χ4n) is 5.63. The highest BCUT2D eigenvalue weighted by Gasteiger charge is 2.56. The molecule has 1 aliphatic heterocycles. The Labute approximate surface area is 200 Å². The summed E-state index contributed by atoms with van der Waals surface area (Å²) in [6.45, 7) is 23.2. The van der Waals surface area contributed by atoms with Crippen LogP contribution in [0.3, 0.4) is 0 Å². The van der Waals surface area contributed by atoms with Crippen LogP contribution in [0.25, 0.3) is 0 Å². The molecule has 1 heterocycles. The second-order valence-corrected chi connectivity index (χ2v) is 12.7. The zero-order valence-electron chi connectivity index (χ0n) is 22.8. The number of aliphatic imine (C=N–C) groups is 1. The third kappa shape index (κ3) is 6.36. The smallest absolute Gasteiger partial charge is 0.332 e. The van der Waals surface area contributed by atoms with E-state index in [4.69, 9.17) is 0 Å². The molecule has 2 unspecified atom stereocenters. The van der Waals surface area contributed by atoms with Gasteiger partial charge >= 0.3 is 12.1 Å². The van der Waals surface area contributed by atoms with E-state index in [0.717, 1.165) is 0 Å². The van der Waals surface area contributed by atoms with Gasteiger partial charge in [0, 0.05) is 17.1 Å². The Kier molecular flexibility index (Phi) is 8.60. The van der Waals surface area contributed by atoms with Gasteiger partial charge in [-0.1, -0.05) is 41.5 Å². The Morgan fingerprint density at radius 2 is 1.48 bits per heavy atom. The summed E-state index contributed by atoms with van der Waals surface area (Å²) in [4.78, 5) is 46.8. The van der Waals surface area contributed by atoms with E-state index >= 15 is 0 Å². The summed E-state index contributed by atoms with van der Waals surface area (Å²) in [6, 6.07) is -1.31. The summed E-state index contributed by atoms with van der Waals surface area (Å²) >= 11 is 0. The van der Waals surface area contributed by atoms with Crippen molar-refractivity contribution in [2.75, 3.05) is 0 Å².